The van der Waals surface area contributed by atoms with Crippen LogP contribution in [0.2, 0.25) is 0 Å². The first-order valence-corrected chi connectivity index (χ1v) is 10.3. The number of hydrogen-bond donors (Lipinski definition) is 3. The third-order valence-corrected chi connectivity index (χ3v) is 6.17. The molecule has 150 valence electrons. The zero-order chi connectivity index (χ0) is 20.4. The highest BCUT2D eigenvalue weighted by Gasteiger charge is 2.19. The number of nitrogens with two attached hydrogens (primary N) is 1. The van der Waals surface area contributed by atoms with Gasteiger partial charge in [0.1, 0.15) is 18.2 Å². The number of pyridine rings is 1. The largest absolute Gasteiger partial charge is 0.489 e. The lowest BCUT2D eigenvalue weighted by molar-refractivity contribution is 0.0698. The number of rotatable bonds is 6. The van der Waals surface area contributed by atoms with Crippen LogP contribution in [-0.2, 0) is 6.61 Å². The Balaban J connectivity index is 1.50. The Bertz CT molecular complexity index is 1070. The Hall–Kier alpha value is -3.13. The van der Waals surface area contributed by atoms with Crippen LogP contribution in [0.1, 0.15) is 52.0 Å². The van der Waals surface area contributed by atoms with E-state index in [1.165, 1.54) is 17.5 Å². The van der Waals surface area contributed by atoms with Crippen molar-refractivity contribution in [2.24, 2.45) is 0 Å². The molecule has 3 aromatic rings. The average molecular weight is 411 g/mol. The van der Waals surface area contributed by atoms with E-state index in [9.17, 15) is 14.7 Å². The normalized spacial score (nSPS) is 14.2. The van der Waals surface area contributed by atoms with Crippen LogP contribution in [0.4, 0.5) is 5.82 Å². The molecule has 1 fully saturated rings. The minimum absolute atomic E-state index is 0.0946. The minimum atomic E-state index is -1.04. The minimum Gasteiger partial charge on any atom is -0.489 e. The van der Waals surface area contributed by atoms with Gasteiger partial charge in [0.05, 0.1) is 10.3 Å². The number of carbonyl (C=O) groups is 2. The molecular weight excluding hydrogens is 390 g/mol. The SMILES string of the molecule is Nc1ncc(C(=O)O)c2scc(COc3cccc(C(=O)NC4CCCC4)c3)c12. The second-order valence-corrected chi connectivity index (χ2v) is 7.98. The van der Waals surface area contributed by atoms with Crippen LogP contribution >= 0.6 is 11.3 Å². The van der Waals surface area contributed by atoms with Crippen LogP contribution in [0.15, 0.2) is 35.8 Å². The maximum atomic E-state index is 12.5. The summed E-state index contributed by atoms with van der Waals surface area (Å²) in [4.78, 5) is 27.9. The van der Waals surface area contributed by atoms with E-state index >= 15 is 0 Å². The predicted molar refractivity (Wildman–Crippen MR) is 111 cm³/mol. The number of nitrogen functional groups attached to an aromatic ring is 1. The van der Waals surface area contributed by atoms with Crippen molar-refractivity contribution in [2.75, 3.05) is 5.73 Å². The summed E-state index contributed by atoms with van der Waals surface area (Å²) in [6.45, 7) is 0.197. The number of carboxylic acids is 1. The number of benzene rings is 1. The van der Waals surface area contributed by atoms with Gasteiger partial charge in [-0.25, -0.2) is 9.78 Å². The van der Waals surface area contributed by atoms with Gasteiger partial charge in [-0.05, 0) is 36.4 Å². The van der Waals surface area contributed by atoms with Gasteiger partial charge in [0.15, 0.2) is 0 Å². The van der Waals surface area contributed by atoms with E-state index in [4.69, 9.17) is 10.5 Å². The number of nitrogens with one attached hydrogen (secondary N) is 1. The number of aromatic nitrogens is 1. The molecule has 7 nitrogen and oxygen atoms in total. The van der Waals surface area contributed by atoms with Crippen molar-refractivity contribution in [3.8, 4) is 5.75 Å². The first-order valence-electron chi connectivity index (χ1n) is 9.44. The second-order valence-electron chi connectivity index (χ2n) is 7.10. The molecule has 0 spiro atoms. The summed E-state index contributed by atoms with van der Waals surface area (Å²) in [5.74, 6) is -0.306. The van der Waals surface area contributed by atoms with Gasteiger partial charge in [-0.2, -0.15) is 0 Å². The number of thiophene rings is 1. The van der Waals surface area contributed by atoms with Gasteiger partial charge >= 0.3 is 5.97 Å². The quantitative estimate of drug-likeness (QED) is 0.568. The molecule has 0 atom stereocenters. The van der Waals surface area contributed by atoms with Crippen LogP contribution < -0.4 is 15.8 Å². The van der Waals surface area contributed by atoms with E-state index in [-0.39, 0.29) is 29.9 Å². The molecule has 1 amide bonds. The Labute approximate surface area is 171 Å². The van der Waals surface area contributed by atoms with Gasteiger partial charge in [0.25, 0.3) is 5.91 Å². The zero-order valence-corrected chi connectivity index (χ0v) is 16.5. The lowest BCUT2D eigenvalue weighted by Crippen LogP contribution is -2.32. The number of ether oxygens (including phenoxy) is 1. The van der Waals surface area contributed by atoms with Gasteiger partial charge in [0.2, 0.25) is 0 Å². The molecule has 8 heteroatoms. The van der Waals surface area contributed by atoms with Crippen molar-refractivity contribution in [1.82, 2.24) is 10.3 Å². The molecule has 1 saturated carbocycles. The average Bonchev–Trinajstić information content (AvgIpc) is 3.37. The molecule has 0 bridgehead atoms. The van der Waals surface area contributed by atoms with Gasteiger partial charge in [-0.1, -0.05) is 18.9 Å². The van der Waals surface area contributed by atoms with Crippen LogP contribution in [0.3, 0.4) is 0 Å². The van der Waals surface area contributed by atoms with Crippen molar-refractivity contribution in [1.29, 1.82) is 0 Å². The second kappa shape index (κ2) is 8.08. The molecule has 1 aliphatic carbocycles. The summed E-state index contributed by atoms with van der Waals surface area (Å²) >= 11 is 1.30. The topological polar surface area (TPSA) is 115 Å². The molecule has 2 heterocycles. The van der Waals surface area contributed by atoms with Gasteiger partial charge < -0.3 is 20.9 Å². The number of amides is 1. The standard InChI is InChI=1S/C21H21N3O4S/c22-19-17-13(11-29-18(17)16(9-23-19)21(26)27)10-28-15-7-3-4-12(8-15)20(25)24-14-5-1-2-6-14/h3-4,7-9,11,14H,1-2,5-6,10H2,(H2,22,23)(H,24,25)(H,26,27). The molecule has 0 radical (unpaired) electrons. The maximum Gasteiger partial charge on any atom is 0.338 e. The van der Waals surface area contributed by atoms with E-state index in [0.717, 1.165) is 31.2 Å². The zero-order valence-electron chi connectivity index (χ0n) is 15.7. The number of nitrogens with zero attached hydrogens (tertiary/aromatic N) is 1. The summed E-state index contributed by atoms with van der Waals surface area (Å²) in [6, 6.07) is 7.29. The number of aromatic carboxylic acids is 1. The number of anilines is 1. The molecule has 0 saturated heterocycles. The lowest BCUT2D eigenvalue weighted by atomic mass is 10.1. The Morgan fingerprint density at radius 1 is 1.31 bits per heavy atom. The van der Waals surface area contributed by atoms with E-state index in [1.54, 1.807) is 24.3 Å². The Kier molecular flexibility index (Phi) is 5.35. The number of fused-ring (bicyclic) bond motifs is 1. The summed E-state index contributed by atoms with van der Waals surface area (Å²) in [5.41, 5.74) is 7.41. The Morgan fingerprint density at radius 3 is 2.86 bits per heavy atom. The van der Waals surface area contributed by atoms with E-state index < -0.39 is 5.97 Å². The fourth-order valence-corrected chi connectivity index (χ4v) is 4.68. The maximum absolute atomic E-state index is 12.5. The number of hydrogen-bond acceptors (Lipinski definition) is 6. The lowest BCUT2D eigenvalue weighted by Gasteiger charge is -2.13. The Morgan fingerprint density at radius 2 is 2.10 bits per heavy atom. The first kappa shape index (κ1) is 19.2. The summed E-state index contributed by atoms with van der Waals surface area (Å²) in [7, 11) is 0. The third kappa shape index (κ3) is 4.02. The third-order valence-electron chi connectivity index (χ3n) is 5.11. The summed E-state index contributed by atoms with van der Waals surface area (Å²) in [5, 5.41) is 14.8. The molecule has 4 rings (SSSR count). The van der Waals surface area contributed by atoms with Crippen LogP contribution in [0.5, 0.6) is 5.75 Å². The van der Waals surface area contributed by atoms with Crippen LogP contribution in [0.25, 0.3) is 10.1 Å². The molecule has 0 aliphatic heterocycles. The van der Waals surface area contributed by atoms with Crippen LogP contribution in [0, 0.1) is 0 Å². The van der Waals surface area contributed by atoms with E-state index in [1.807, 2.05) is 5.38 Å². The van der Waals surface area contributed by atoms with Gasteiger partial charge in [-0.15, -0.1) is 11.3 Å². The molecule has 4 N–H and O–H groups in total. The number of carboxylic acid groups (broad SMARTS) is 1. The van der Waals surface area contributed by atoms with Crippen LogP contribution in [-0.4, -0.2) is 28.0 Å². The molecular formula is C21H21N3O4S. The molecule has 2 aromatic heterocycles. The van der Waals surface area contributed by atoms with Crippen molar-refractivity contribution in [2.45, 2.75) is 38.3 Å². The smallest absolute Gasteiger partial charge is 0.338 e. The molecule has 1 aliphatic rings. The summed E-state index contributed by atoms with van der Waals surface area (Å²) in [6.07, 6.45) is 5.64. The van der Waals surface area contributed by atoms with E-state index in [0.29, 0.717) is 21.4 Å². The number of carbonyl (C=O) groups excluding carboxylic acids is 1. The fraction of sp³-hybridized carbons (Fsp3) is 0.286. The highest BCUT2D eigenvalue weighted by Crippen LogP contribution is 2.33. The van der Waals surface area contributed by atoms with Crippen molar-refractivity contribution in [3.63, 3.8) is 0 Å². The van der Waals surface area contributed by atoms with Crippen molar-refractivity contribution in [3.05, 3.63) is 52.5 Å². The van der Waals surface area contributed by atoms with Gasteiger partial charge in [-0.3, -0.25) is 4.79 Å². The fourth-order valence-electron chi connectivity index (χ4n) is 3.62. The molecule has 0 unspecified atom stereocenters. The summed E-state index contributed by atoms with van der Waals surface area (Å²) < 4.78 is 6.45. The van der Waals surface area contributed by atoms with Crippen molar-refractivity contribution >= 4 is 39.1 Å². The molecule has 29 heavy (non-hydrogen) atoms. The van der Waals surface area contributed by atoms with E-state index in [2.05, 4.69) is 10.3 Å². The predicted octanol–water partition coefficient (Wildman–Crippen LogP) is 3.83. The monoisotopic (exact) mass is 411 g/mol. The van der Waals surface area contributed by atoms with Gasteiger partial charge in [0, 0.05) is 28.8 Å². The molecule has 1 aromatic carbocycles. The highest BCUT2D eigenvalue weighted by atomic mass is 32.1. The highest BCUT2D eigenvalue weighted by molar-refractivity contribution is 7.17. The van der Waals surface area contributed by atoms with Crippen molar-refractivity contribution < 1.29 is 19.4 Å². The first-order chi connectivity index (χ1) is 14.0.